The molecule has 0 saturated carbocycles. The van der Waals surface area contributed by atoms with E-state index in [9.17, 15) is 0 Å². The number of thiocarbonyl (C=S) groups is 1. The van der Waals surface area contributed by atoms with E-state index in [-0.39, 0.29) is 0 Å². The topological polar surface area (TPSA) is 48.1 Å². The second-order valence-corrected chi connectivity index (χ2v) is 2.15. The molecule has 0 aromatic carbocycles. The van der Waals surface area contributed by atoms with Gasteiger partial charge in [-0.3, -0.25) is 0 Å². The number of ether oxygens (including phenoxy) is 1. The highest BCUT2D eigenvalue weighted by atomic mass is 32.1. The van der Waals surface area contributed by atoms with E-state index in [0.717, 1.165) is 5.56 Å². The van der Waals surface area contributed by atoms with Gasteiger partial charge in [0, 0.05) is 11.8 Å². The zero-order valence-corrected chi connectivity index (χ0v) is 6.67. The first-order chi connectivity index (χ1) is 5.34. The molecule has 0 saturated heterocycles. The first kappa shape index (κ1) is 7.94. The van der Waals surface area contributed by atoms with Gasteiger partial charge >= 0.3 is 0 Å². The number of nitrogens with zero attached hydrogens (tertiary/aromatic N) is 1. The lowest BCUT2D eigenvalue weighted by molar-refractivity contribution is 0.315. The molecule has 0 bridgehead atoms. The summed E-state index contributed by atoms with van der Waals surface area (Å²) in [7, 11) is 0. The minimum atomic E-state index is 0.392. The highest BCUT2D eigenvalue weighted by Gasteiger charge is 1.96. The van der Waals surface area contributed by atoms with Gasteiger partial charge in [-0.15, -0.1) is 0 Å². The normalized spacial score (nSPS) is 9.09. The first-order valence-electron chi connectivity index (χ1n) is 3.09. The molecule has 0 atom stereocenters. The van der Waals surface area contributed by atoms with Gasteiger partial charge in [0.2, 0.25) is 0 Å². The number of hydrogen-bond donors (Lipinski definition) is 1. The lowest BCUT2D eigenvalue weighted by atomic mass is 10.3. The fourth-order valence-electron chi connectivity index (χ4n) is 0.697. The minimum absolute atomic E-state index is 0.392. The molecule has 0 radical (unpaired) electrons. The number of nitrogens with two attached hydrogens (primary N) is 1. The molecule has 58 valence electrons. The smallest absolute Gasteiger partial charge is 0.146 e. The Morgan fingerprint density at radius 2 is 2.55 bits per heavy atom. The van der Waals surface area contributed by atoms with Crippen molar-refractivity contribution >= 4 is 23.6 Å². The van der Waals surface area contributed by atoms with Crippen LogP contribution in [0.4, 0.5) is 5.82 Å². The molecule has 11 heavy (non-hydrogen) atoms. The molecule has 1 aromatic heterocycles. The van der Waals surface area contributed by atoms with E-state index in [1.807, 2.05) is 6.07 Å². The van der Waals surface area contributed by atoms with Crippen molar-refractivity contribution in [2.45, 2.75) is 6.61 Å². The SMILES string of the molecule is Nc1ncccc1COC=S. The van der Waals surface area contributed by atoms with Crippen LogP contribution in [0.25, 0.3) is 0 Å². The van der Waals surface area contributed by atoms with Gasteiger partial charge in [0.05, 0.1) is 0 Å². The molecular formula is C7H8N2OS. The Hall–Kier alpha value is -1.16. The fraction of sp³-hybridized carbons (Fsp3) is 0.143. The molecule has 4 heteroatoms. The van der Waals surface area contributed by atoms with Gasteiger partial charge in [-0.2, -0.15) is 0 Å². The summed E-state index contributed by atoms with van der Waals surface area (Å²) in [5, 5.41) is 0. The Balaban J connectivity index is 2.69. The summed E-state index contributed by atoms with van der Waals surface area (Å²) in [6, 6.07) is 3.65. The first-order valence-corrected chi connectivity index (χ1v) is 3.56. The maximum absolute atomic E-state index is 5.52. The standard InChI is InChI=1S/C7H8N2OS/c8-7-6(4-10-5-11)2-1-3-9-7/h1-3,5H,4H2,(H2,8,9). The van der Waals surface area contributed by atoms with E-state index in [2.05, 4.69) is 17.2 Å². The van der Waals surface area contributed by atoms with Crippen molar-refractivity contribution in [3.63, 3.8) is 0 Å². The van der Waals surface area contributed by atoms with Crippen LogP contribution in [-0.4, -0.2) is 10.5 Å². The molecule has 0 unspecified atom stereocenters. The van der Waals surface area contributed by atoms with Crippen molar-refractivity contribution in [2.75, 3.05) is 5.73 Å². The predicted octanol–water partition coefficient (Wildman–Crippen LogP) is 1.14. The molecule has 1 aromatic rings. The molecule has 0 aliphatic rings. The van der Waals surface area contributed by atoms with Crippen LogP contribution in [0.5, 0.6) is 0 Å². The summed E-state index contributed by atoms with van der Waals surface area (Å²) in [5.74, 6) is 0.490. The van der Waals surface area contributed by atoms with Crippen molar-refractivity contribution in [2.24, 2.45) is 0 Å². The van der Waals surface area contributed by atoms with Crippen LogP contribution >= 0.6 is 12.2 Å². The lowest BCUT2D eigenvalue weighted by Gasteiger charge is -2.01. The van der Waals surface area contributed by atoms with Crippen LogP contribution in [0.2, 0.25) is 0 Å². The highest BCUT2D eigenvalue weighted by Crippen LogP contribution is 2.06. The Kier molecular flexibility index (Phi) is 2.80. The molecule has 2 N–H and O–H groups in total. The van der Waals surface area contributed by atoms with Gasteiger partial charge in [0.1, 0.15) is 18.0 Å². The molecule has 0 amide bonds. The summed E-state index contributed by atoms with van der Waals surface area (Å²) >= 11 is 4.49. The second kappa shape index (κ2) is 3.88. The number of nitrogen functional groups attached to an aromatic ring is 1. The van der Waals surface area contributed by atoms with E-state index in [4.69, 9.17) is 10.5 Å². The molecule has 3 nitrogen and oxygen atoms in total. The van der Waals surface area contributed by atoms with Crippen LogP contribution in [-0.2, 0) is 11.3 Å². The third-order valence-corrected chi connectivity index (χ3v) is 1.37. The molecule has 0 fully saturated rings. The quantitative estimate of drug-likeness (QED) is 0.687. The highest BCUT2D eigenvalue weighted by molar-refractivity contribution is 7.78. The number of aromatic nitrogens is 1. The summed E-state index contributed by atoms with van der Waals surface area (Å²) in [5.41, 5.74) is 7.59. The Labute approximate surface area is 70.2 Å². The Morgan fingerprint density at radius 3 is 3.18 bits per heavy atom. The number of rotatable bonds is 3. The zero-order chi connectivity index (χ0) is 8.10. The van der Waals surface area contributed by atoms with Crippen molar-refractivity contribution in [1.82, 2.24) is 4.98 Å². The Bertz CT molecular complexity index is 252. The van der Waals surface area contributed by atoms with Gasteiger partial charge in [0.15, 0.2) is 0 Å². The molecule has 0 spiro atoms. The summed E-state index contributed by atoms with van der Waals surface area (Å²) in [6.45, 7) is 0.392. The van der Waals surface area contributed by atoms with Gasteiger partial charge in [-0.05, 0) is 18.3 Å². The van der Waals surface area contributed by atoms with Gasteiger partial charge in [-0.1, -0.05) is 6.07 Å². The second-order valence-electron chi connectivity index (χ2n) is 1.95. The molecule has 0 aliphatic heterocycles. The fourth-order valence-corrected chi connectivity index (χ4v) is 0.765. The van der Waals surface area contributed by atoms with Crippen LogP contribution in [0.3, 0.4) is 0 Å². The third-order valence-electron chi connectivity index (χ3n) is 1.23. The number of pyridine rings is 1. The predicted molar refractivity (Wildman–Crippen MR) is 47.1 cm³/mol. The van der Waals surface area contributed by atoms with Crippen LogP contribution < -0.4 is 5.73 Å². The molecular weight excluding hydrogens is 160 g/mol. The van der Waals surface area contributed by atoms with Crippen molar-refractivity contribution in [3.8, 4) is 0 Å². The minimum Gasteiger partial charge on any atom is -0.485 e. The summed E-state index contributed by atoms with van der Waals surface area (Å²) in [4.78, 5) is 3.88. The van der Waals surface area contributed by atoms with Gasteiger partial charge in [-0.25, -0.2) is 4.98 Å². The van der Waals surface area contributed by atoms with E-state index >= 15 is 0 Å². The van der Waals surface area contributed by atoms with E-state index in [1.54, 1.807) is 12.3 Å². The van der Waals surface area contributed by atoms with Crippen molar-refractivity contribution < 1.29 is 4.74 Å². The zero-order valence-electron chi connectivity index (χ0n) is 5.86. The van der Waals surface area contributed by atoms with Crippen LogP contribution in [0.1, 0.15) is 5.56 Å². The van der Waals surface area contributed by atoms with Gasteiger partial charge < -0.3 is 10.5 Å². The average molecular weight is 168 g/mol. The maximum Gasteiger partial charge on any atom is 0.146 e. The molecule has 0 aliphatic carbocycles. The van der Waals surface area contributed by atoms with Gasteiger partial charge in [0.25, 0.3) is 0 Å². The van der Waals surface area contributed by atoms with Crippen molar-refractivity contribution in [1.29, 1.82) is 0 Å². The summed E-state index contributed by atoms with van der Waals surface area (Å²) in [6.07, 6.45) is 1.64. The number of anilines is 1. The maximum atomic E-state index is 5.52. The van der Waals surface area contributed by atoms with E-state index in [0.29, 0.717) is 12.4 Å². The molecule has 1 heterocycles. The van der Waals surface area contributed by atoms with Crippen molar-refractivity contribution in [3.05, 3.63) is 23.9 Å². The monoisotopic (exact) mass is 168 g/mol. The van der Waals surface area contributed by atoms with Crippen LogP contribution in [0, 0.1) is 0 Å². The largest absolute Gasteiger partial charge is 0.485 e. The van der Waals surface area contributed by atoms with Crippen LogP contribution in [0.15, 0.2) is 18.3 Å². The average Bonchev–Trinajstić information content (AvgIpc) is 2.03. The Morgan fingerprint density at radius 1 is 1.73 bits per heavy atom. The molecule has 1 rings (SSSR count). The van der Waals surface area contributed by atoms with E-state index < -0.39 is 0 Å². The lowest BCUT2D eigenvalue weighted by Crippen LogP contribution is -1.98. The third kappa shape index (κ3) is 2.16. The number of hydrogen-bond acceptors (Lipinski definition) is 4. The van der Waals surface area contributed by atoms with E-state index in [1.165, 1.54) is 5.55 Å². The summed E-state index contributed by atoms with van der Waals surface area (Å²) < 4.78 is 4.87.